The van der Waals surface area contributed by atoms with Crippen LogP contribution in [0.2, 0.25) is 0 Å². The van der Waals surface area contributed by atoms with E-state index in [1.54, 1.807) is 42.5 Å². The van der Waals surface area contributed by atoms with E-state index in [1.165, 1.54) is 12.1 Å². The van der Waals surface area contributed by atoms with Crippen LogP contribution in [0.5, 0.6) is 0 Å². The second-order valence-electron chi connectivity index (χ2n) is 7.82. The fourth-order valence-electron chi connectivity index (χ4n) is 3.93. The van der Waals surface area contributed by atoms with Gasteiger partial charge in [-0.05, 0) is 48.2 Å². The van der Waals surface area contributed by atoms with Gasteiger partial charge in [-0.1, -0.05) is 52.3 Å². The Morgan fingerprint density at radius 2 is 1.53 bits per heavy atom. The Bertz CT molecular complexity index is 1480. The zero-order valence-electron chi connectivity index (χ0n) is 17.7. The maximum Gasteiger partial charge on any atom is 0.293 e. The molecule has 8 heteroatoms. The number of imide groups is 1. The first-order valence-electron chi connectivity index (χ1n) is 10.4. The van der Waals surface area contributed by atoms with Gasteiger partial charge in [-0.2, -0.15) is 0 Å². The summed E-state index contributed by atoms with van der Waals surface area (Å²) in [6.07, 6.45) is 3.51. The van der Waals surface area contributed by atoms with Gasteiger partial charge in [0.05, 0.1) is 18.0 Å². The molecule has 0 radical (unpaired) electrons. The minimum absolute atomic E-state index is 0.130. The van der Waals surface area contributed by atoms with Crippen LogP contribution in [0.25, 0.3) is 17.0 Å². The maximum absolute atomic E-state index is 14.3. The van der Waals surface area contributed by atoms with Crippen LogP contribution >= 0.6 is 27.7 Å². The van der Waals surface area contributed by atoms with E-state index in [9.17, 15) is 18.4 Å². The van der Waals surface area contributed by atoms with E-state index in [2.05, 4.69) is 15.9 Å². The quantitative estimate of drug-likeness (QED) is 0.258. The van der Waals surface area contributed by atoms with E-state index in [0.717, 1.165) is 37.6 Å². The van der Waals surface area contributed by atoms with Gasteiger partial charge in [-0.25, -0.2) is 8.78 Å². The topological polar surface area (TPSA) is 42.3 Å². The maximum atomic E-state index is 14.3. The van der Waals surface area contributed by atoms with Crippen LogP contribution in [0.4, 0.5) is 13.6 Å². The lowest BCUT2D eigenvalue weighted by molar-refractivity contribution is -0.123. The van der Waals surface area contributed by atoms with Gasteiger partial charge < -0.3 is 4.57 Å². The van der Waals surface area contributed by atoms with Crippen LogP contribution in [0.15, 0.2) is 82.3 Å². The standard InChI is InChI=1S/C26H17BrF2N2O2S/c27-19-9-10-23-20(12-19)18(14-30(23)13-16-5-1-3-7-21(16)28)11-24-25(32)31(26(33)34-24)15-17-6-2-4-8-22(17)29/h1-12,14H,13,15H2/b24-11-. The molecule has 34 heavy (non-hydrogen) atoms. The number of thioether (sulfide) groups is 1. The van der Waals surface area contributed by atoms with E-state index in [-0.39, 0.29) is 22.8 Å². The van der Waals surface area contributed by atoms with E-state index in [4.69, 9.17) is 0 Å². The lowest BCUT2D eigenvalue weighted by Gasteiger charge is -2.12. The van der Waals surface area contributed by atoms with E-state index in [0.29, 0.717) is 12.1 Å². The SMILES string of the molecule is O=C1S/C(=C\c2cn(Cc3ccccc3F)c3ccc(Br)cc23)C(=O)N1Cc1ccccc1F. The van der Waals surface area contributed by atoms with Crippen molar-refractivity contribution >= 4 is 55.8 Å². The van der Waals surface area contributed by atoms with Crippen LogP contribution in [0, 0.1) is 11.6 Å². The molecular formula is C26H17BrF2N2O2S. The second kappa shape index (κ2) is 9.19. The molecule has 1 aromatic heterocycles. The smallest absolute Gasteiger partial charge is 0.293 e. The first-order valence-corrected chi connectivity index (χ1v) is 12.0. The van der Waals surface area contributed by atoms with Crippen molar-refractivity contribution in [2.45, 2.75) is 13.1 Å². The van der Waals surface area contributed by atoms with Crippen molar-refractivity contribution in [1.29, 1.82) is 0 Å². The highest BCUT2D eigenvalue weighted by Gasteiger charge is 2.35. The largest absolute Gasteiger partial charge is 0.342 e. The third-order valence-corrected chi connectivity index (χ3v) is 7.02. The summed E-state index contributed by atoms with van der Waals surface area (Å²) < 4.78 is 31.1. The van der Waals surface area contributed by atoms with Crippen LogP contribution in [0.1, 0.15) is 16.7 Å². The lowest BCUT2D eigenvalue weighted by Crippen LogP contribution is -2.27. The molecule has 0 spiro atoms. The first-order chi connectivity index (χ1) is 16.4. The Kier molecular flexibility index (Phi) is 6.10. The second-order valence-corrected chi connectivity index (χ2v) is 9.73. The summed E-state index contributed by atoms with van der Waals surface area (Å²) in [4.78, 5) is 26.9. The highest BCUT2D eigenvalue weighted by Crippen LogP contribution is 2.36. The molecule has 0 unspecified atom stereocenters. The Morgan fingerprint density at radius 3 is 2.21 bits per heavy atom. The first kappa shape index (κ1) is 22.6. The predicted octanol–water partition coefficient (Wildman–Crippen LogP) is 6.97. The third-order valence-electron chi connectivity index (χ3n) is 5.62. The minimum Gasteiger partial charge on any atom is -0.342 e. The van der Waals surface area contributed by atoms with Gasteiger partial charge in [0.1, 0.15) is 11.6 Å². The van der Waals surface area contributed by atoms with Crippen LogP contribution in [-0.2, 0) is 17.9 Å². The molecule has 4 aromatic rings. The summed E-state index contributed by atoms with van der Waals surface area (Å²) in [6.45, 7) is 0.183. The van der Waals surface area contributed by atoms with Gasteiger partial charge >= 0.3 is 0 Å². The van der Waals surface area contributed by atoms with E-state index in [1.807, 2.05) is 29.0 Å². The van der Waals surface area contributed by atoms with Gasteiger partial charge in [-0.15, -0.1) is 0 Å². The number of halogens is 3. The van der Waals surface area contributed by atoms with Crippen molar-refractivity contribution in [2.24, 2.45) is 0 Å². The molecule has 0 atom stereocenters. The van der Waals surface area contributed by atoms with E-state index < -0.39 is 17.0 Å². The van der Waals surface area contributed by atoms with Crippen molar-refractivity contribution in [1.82, 2.24) is 9.47 Å². The minimum atomic E-state index is -0.469. The molecule has 0 aliphatic carbocycles. The molecule has 5 rings (SSSR count). The average molecular weight is 539 g/mol. The molecule has 4 nitrogen and oxygen atoms in total. The van der Waals surface area contributed by atoms with E-state index >= 15 is 0 Å². The molecule has 0 saturated carbocycles. The Morgan fingerprint density at radius 1 is 0.882 bits per heavy atom. The Hall–Kier alpha value is -3.23. The molecular weight excluding hydrogens is 522 g/mol. The number of fused-ring (bicyclic) bond motifs is 1. The highest BCUT2D eigenvalue weighted by molar-refractivity contribution is 9.10. The molecule has 3 aromatic carbocycles. The molecule has 2 heterocycles. The number of hydrogen-bond acceptors (Lipinski definition) is 3. The van der Waals surface area contributed by atoms with Gasteiger partial charge in [0.25, 0.3) is 11.1 Å². The average Bonchev–Trinajstić information content (AvgIpc) is 3.28. The summed E-state index contributed by atoms with van der Waals surface area (Å²) >= 11 is 4.31. The number of carbonyl (C=O) groups is 2. The van der Waals surface area contributed by atoms with Crippen molar-refractivity contribution in [3.63, 3.8) is 0 Å². The predicted molar refractivity (Wildman–Crippen MR) is 133 cm³/mol. The van der Waals surface area contributed by atoms with Crippen molar-refractivity contribution in [2.75, 3.05) is 0 Å². The Labute approximate surface area is 207 Å². The zero-order chi connectivity index (χ0) is 23.8. The number of aromatic nitrogens is 1. The number of hydrogen-bond donors (Lipinski definition) is 0. The normalized spacial score (nSPS) is 15.1. The van der Waals surface area contributed by atoms with Crippen LogP contribution in [0.3, 0.4) is 0 Å². The van der Waals surface area contributed by atoms with Gasteiger partial charge in [0, 0.05) is 38.3 Å². The number of carbonyl (C=O) groups excluding carboxylic acids is 2. The molecule has 0 bridgehead atoms. The summed E-state index contributed by atoms with van der Waals surface area (Å²) in [6, 6.07) is 18.4. The molecule has 2 amide bonds. The zero-order valence-corrected chi connectivity index (χ0v) is 20.1. The van der Waals surface area contributed by atoms with Gasteiger partial charge in [0.15, 0.2) is 0 Å². The van der Waals surface area contributed by atoms with Crippen LogP contribution < -0.4 is 0 Å². The van der Waals surface area contributed by atoms with Crippen molar-refractivity contribution < 1.29 is 18.4 Å². The molecule has 0 N–H and O–H groups in total. The summed E-state index contributed by atoms with van der Waals surface area (Å²) in [5.41, 5.74) is 2.41. The summed E-state index contributed by atoms with van der Waals surface area (Å²) in [7, 11) is 0. The number of nitrogens with zero attached hydrogens (tertiary/aromatic N) is 2. The molecule has 1 saturated heterocycles. The van der Waals surface area contributed by atoms with Crippen LogP contribution in [-0.4, -0.2) is 20.6 Å². The fraction of sp³-hybridized carbons (Fsp3) is 0.0769. The van der Waals surface area contributed by atoms with Crippen molar-refractivity contribution in [3.8, 4) is 0 Å². The molecule has 170 valence electrons. The number of amides is 2. The summed E-state index contributed by atoms with van der Waals surface area (Å²) in [5.74, 6) is -1.23. The highest BCUT2D eigenvalue weighted by atomic mass is 79.9. The Balaban J connectivity index is 1.50. The number of benzene rings is 3. The third kappa shape index (κ3) is 4.31. The van der Waals surface area contributed by atoms with Gasteiger partial charge in [-0.3, -0.25) is 14.5 Å². The van der Waals surface area contributed by atoms with Gasteiger partial charge in [0.2, 0.25) is 0 Å². The monoisotopic (exact) mass is 538 g/mol. The van der Waals surface area contributed by atoms with Crippen molar-refractivity contribution in [3.05, 3.63) is 111 Å². The molecule has 1 aliphatic heterocycles. The lowest BCUT2D eigenvalue weighted by atomic mass is 10.1. The fourth-order valence-corrected chi connectivity index (χ4v) is 5.12. The summed E-state index contributed by atoms with van der Waals surface area (Å²) in [5, 5.41) is 0.405. The molecule has 1 aliphatic rings. The number of rotatable bonds is 5. The molecule has 1 fully saturated rings.